The molecule has 0 aliphatic carbocycles. The molecule has 0 saturated carbocycles. The van der Waals surface area contributed by atoms with E-state index < -0.39 is 0 Å². The Hall–Kier alpha value is -2.56. The lowest BCUT2D eigenvalue weighted by atomic mass is 10.0. The number of hydrogen-bond acceptors (Lipinski definition) is 2. The summed E-state index contributed by atoms with van der Waals surface area (Å²) in [6.07, 6.45) is 4.13. The van der Waals surface area contributed by atoms with Gasteiger partial charge in [-0.05, 0) is 31.0 Å². The highest BCUT2D eigenvalue weighted by atomic mass is 16.2. The lowest BCUT2D eigenvalue weighted by Crippen LogP contribution is -2.51. The van der Waals surface area contributed by atoms with Crippen LogP contribution in [0.25, 0.3) is 0 Å². The topological polar surface area (TPSA) is 45.6 Å². The smallest absolute Gasteiger partial charge is 0.255 e. The molecule has 0 bridgehead atoms. The van der Waals surface area contributed by atoms with Crippen molar-refractivity contribution >= 4 is 11.8 Å². The number of aromatic nitrogens is 1. The van der Waals surface area contributed by atoms with Crippen molar-refractivity contribution in [3.63, 3.8) is 0 Å². The SMILES string of the molecule is Cc1ccc(CC(=O)N2CCN(C(=O)c3ccn(C)c3)CC2)c(C)c1. The Morgan fingerprint density at radius 1 is 1.00 bits per heavy atom. The highest BCUT2D eigenvalue weighted by molar-refractivity contribution is 5.94. The van der Waals surface area contributed by atoms with Crippen molar-refractivity contribution in [3.05, 3.63) is 58.9 Å². The zero-order chi connectivity index (χ0) is 18.0. The van der Waals surface area contributed by atoms with Crippen LogP contribution in [0.15, 0.2) is 36.7 Å². The summed E-state index contributed by atoms with van der Waals surface area (Å²) in [5.41, 5.74) is 4.16. The minimum absolute atomic E-state index is 0.0436. The molecule has 2 heterocycles. The van der Waals surface area contributed by atoms with Crippen LogP contribution in [0.5, 0.6) is 0 Å². The van der Waals surface area contributed by atoms with Gasteiger partial charge in [0, 0.05) is 45.6 Å². The third kappa shape index (κ3) is 3.92. The third-order valence-electron chi connectivity index (χ3n) is 4.84. The number of aryl methyl sites for hydroxylation is 3. The first-order valence-corrected chi connectivity index (χ1v) is 8.69. The standard InChI is InChI=1S/C20H25N3O2/c1-15-4-5-17(16(2)12-15)13-19(24)22-8-10-23(11-9-22)20(25)18-6-7-21(3)14-18/h4-7,12,14H,8-11,13H2,1-3H3. The molecule has 25 heavy (non-hydrogen) atoms. The number of nitrogens with zero attached hydrogens (tertiary/aromatic N) is 3. The number of amides is 2. The molecule has 2 amide bonds. The number of piperazine rings is 1. The summed E-state index contributed by atoms with van der Waals surface area (Å²) in [6.45, 7) is 6.48. The lowest BCUT2D eigenvalue weighted by Gasteiger charge is -2.34. The van der Waals surface area contributed by atoms with Crippen LogP contribution in [0, 0.1) is 13.8 Å². The maximum Gasteiger partial charge on any atom is 0.255 e. The summed E-state index contributed by atoms with van der Waals surface area (Å²) in [6, 6.07) is 8.03. The summed E-state index contributed by atoms with van der Waals surface area (Å²) < 4.78 is 1.87. The Bertz CT molecular complexity index is 786. The quantitative estimate of drug-likeness (QED) is 0.860. The van der Waals surface area contributed by atoms with Gasteiger partial charge in [0.2, 0.25) is 5.91 Å². The summed E-state index contributed by atoms with van der Waals surface area (Å²) in [4.78, 5) is 28.7. The molecule has 1 aliphatic rings. The molecular formula is C20H25N3O2. The van der Waals surface area contributed by atoms with Crippen molar-refractivity contribution in [2.24, 2.45) is 7.05 Å². The molecule has 1 aromatic heterocycles. The molecule has 2 aromatic rings. The number of rotatable bonds is 3. The van der Waals surface area contributed by atoms with Crippen LogP contribution in [0.3, 0.4) is 0 Å². The van der Waals surface area contributed by atoms with Gasteiger partial charge in [-0.2, -0.15) is 0 Å². The van der Waals surface area contributed by atoms with Gasteiger partial charge in [-0.25, -0.2) is 0 Å². The van der Waals surface area contributed by atoms with Crippen LogP contribution in [-0.4, -0.2) is 52.4 Å². The predicted molar refractivity (Wildman–Crippen MR) is 97.5 cm³/mol. The van der Waals surface area contributed by atoms with Crippen molar-refractivity contribution in [2.45, 2.75) is 20.3 Å². The van der Waals surface area contributed by atoms with E-state index >= 15 is 0 Å². The van der Waals surface area contributed by atoms with E-state index in [1.165, 1.54) is 5.56 Å². The van der Waals surface area contributed by atoms with Gasteiger partial charge in [-0.15, -0.1) is 0 Å². The first-order chi connectivity index (χ1) is 11.9. The maximum atomic E-state index is 12.6. The van der Waals surface area contributed by atoms with Crippen molar-refractivity contribution in [3.8, 4) is 0 Å². The Morgan fingerprint density at radius 3 is 2.28 bits per heavy atom. The van der Waals surface area contributed by atoms with Gasteiger partial charge in [0.05, 0.1) is 12.0 Å². The average Bonchev–Trinajstić information content (AvgIpc) is 3.03. The minimum Gasteiger partial charge on any atom is -0.356 e. The molecule has 1 aliphatic heterocycles. The summed E-state index contributed by atoms with van der Waals surface area (Å²) >= 11 is 0. The first-order valence-electron chi connectivity index (χ1n) is 8.69. The maximum absolute atomic E-state index is 12.6. The van der Waals surface area contributed by atoms with Gasteiger partial charge >= 0.3 is 0 Å². The normalized spacial score (nSPS) is 14.7. The van der Waals surface area contributed by atoms with Gasteiger partial charge in [-0.3, -0.25) is 9.59 Å². The van der Waals surface area contributed by atoms with E-state index in [0.29, 0.717) is 38.2 Å². The predicted octanol–water partition coefficient (Wildman–Crippen LogP) is 2.17. The molecule has 1 fully saturated rings. The lowest BCUT2D eigenvalue weighted by molar-refractivity contribution is -0.131. The van der Waals surface area contributed by atoms with Crippen molar-refractivity contribution in [2.75, 3.05) is 26.2 Å². The van der Waals surface area contributed by atoms with Crippen LogP contribution in [-0.2, 0) is 18.3 Å². The molecule has 0 N–H and O–H groups in total. The molecule has 5 heteroatoms. The van der Waals surface area contributed by atoms with E-state index in [4.69, 9.17) is 0 Å². The first kappa shape index (κ1) is 17.3. The second kappa shape index (κ2) is 7.13. The summed E-state index contributed by atoms with van der Waals surface area (Å²) in [5, 5.41) is 0. The van der Waals surface area contributed by atoms with E-state index in [2.05, 4.69) is 13.0 Å². The van der Waals surface area contributed by atoms with Gasteiger partial charge < -0.3 is 14.4 Å². The number of benzene rings is 1. The second-order valence-electron chi connectivity index (χ2n) is 6.85. The van der Waals surface area contributed by atoms with Crippen LogP contribution >= 0.6 is 0 Å². The van der Waals surface area contributed by atoms with E-state index in [1.807, 2.05) is 58.9 Å². The second-order valence-corrected chi connectivity index (χ2v) is 6.85. The van der Waals surface area contributed by atoms with Crippen molar-refractivity contribution in [1.29, 1.82) is 0 Å². The van der Waals surface area contributed by atoms with Gasteiger partial charge in [0.25, 0.3) is 5.91 Å². The molecule has 0 atom stereocenters. The van der Waals surface area contributed by atoms with Crippen molar-refractivity contribution in [1.82, 2.24) is 14.4 Å². The highest BCUT2D eigenvalue weighted by Crippen LogP contribution is 2.14. The summed E-state index contributed by atoms with van der Waals surface area (Å²) in [7, 11) is 1.90. The van der Waals surface area contributed by atoms with E-state index in [0.717, 1.165) is 11.1 Å². The fraction of sp³-hybridized carbons (Fsp3) is 0.400. The average molecular weight is 339 g/mol. The zero-order valence-corrected chi connectivity index (χ0v) is 15.2. The largest absolute Gasteiger partial charge is 0.356 e. The molecule has 0 radical (unpaired) electrons. The Balaban J connectivity index is 1.56. The minimum atomic E-state index is 0.0436. The third-order valence-corrected chi connectivity index (χ3v) is 4.84. The number of carbonyl (C=O) groups excluding carboxylic acids is 2. The zero-order valence-electron chi connectivity index (χ0n) is 15.2. The Labute approximate surface area is 148 Å². The molecule has 0 spiro atoms. The van der Waals surface area contributed by atoms with Crippen LogP contribution in [0.1, 0.15) is 27.0 Å². The monoisotopic (exact) mass is 339 g/mol. The number of carbonyl (C=O) groups is 2. The van der Waals surface area contributed by atoms with Crippen LogP contribution in [0.2, 0.25) is 0 Å². The fourth-order valence-corrected chi connectivity index (χ4v) is 3.29. The molecule has 5 nitrogen and oxygen atoms in total. The number of hydrogen-bond donors (Lipinski definition) is 0. The van der Waals surface area contributed by atoms with E-state index in [-0.39, 0.29) is 11.8 Å². The molecule has 132 valence electrons. The molecular weight excluding hydrogens is 314 g/mol. The van der Waals surface area contributed by atoms with Crippen LogP contribution in [0.4, 0.5) is 0 Å². The summed E-state index contributed by atoms with van der Waals surface area (Å²) in [5.74, 6) is 0.181. The molecule has 3 rings (SSSR count). The molecule has 1 aromatic carbocycles. The molecule has 0 unspecified atom stereocenters. The van der Waals surface area contributed by atoms with Gasteiger partial charge in [-0.1, -0.05) is 23.8 Å². The highest BCUT2D eigenvalue weighted by Gasteiger charge is 2.25. The fourth-order valence-electron chi connectivity index (χ4n) is 3.29. The van der Waals surface area contributed by atoms with E-state index in [9.17, 15) is 9.59 Å². The van der Waals surface area contributed by atoms with Crippen LogP contribution < -0.4 is 0 Å². The Morgan fingerprint density at radius 2 is 1.68 bits per heavy atom. The Kier molecular flexibility index (Phi) is 4.93. The van der Waals surface area contributed by atoms with Crippen molar-refractivity contribution < 1.29 is 9.59 Å². The van der Waals surface area contributed by atoms with Gasteiger partial charge in [0.15, 0.2) is 0 Å². The van der Waals surface area contributed by atoms with E-state index in [1.54, 1.807) is 0 Å². The molecule has 1 saturated heterocycles. The van der Waals surface area contributed by atoms with Gasteiger partial charge in [0.1, 0.15) is 0 Å².